The van der Waals surface area contributed by atoms with Crippen LogP contribution in [0.3, 0.4) is 0 Å². The van der Waals surface area contributed by atoms with E-state index in [0.29, 0.717) is 28.8 Å². The van der Waals surface area contributed by atoms with E-state index < -0.39 is 5.97 Å². The van der Waals surface area contributed by atoms with Gasteiger partial charge in [0.1, 0.15) is 11.4 Å². The van der Waals surface area contributed by atoms with Gasteiger partial charge in [0.25, 0.3) is 5.89 Å². The Bertz CT molecular complexity index is 978. The van der Waals surface area contributed by atoms with Crippen LogP contribution in [0.15, 0.2) is 28.8 Å². The Balaban J connectivity index is 0.00000113. The predicted octanol–water partition coefficient (Wildman–Crippen LogP) is 5.47. The van der Waals surface area contributed by atoms with Crippen LogP contribution >= 0.6 is 11.6 Å². The van der Waals surface area contributed by atoms with Crippen molar-refractivity contribution in [3.8, 4) is 17.2 Å². The number of aryl methyl sites for hydroxylation is 1. The fraction of sp³-hybridized carbons (Fsp3) is 0.381. The zero-order valence-corrected chi connectivity index (χ0v) is 19.6. The fourth-order valence-electron chi connectivity index (χ4n) is 2.37. The van der Waals surface area contributed by atoms with E-state index in [1.165, 1.54) is 13.3 Å². The smallest absolute Gasteiger partial charge is 0.343 e. The Morgan fingerprint density at radius 3 is 2.48 bits per heavy atom. The number of nitrogens with one attached hydrogen (secondary N) is 1. The highest BCUT2D eigenvalue weighted by Crippen LogP contribution is 2.37. The Morgan fingerprint density at radius 2 is 1.90 bits per heavy atom. The molecule has 1 aromatic carbocycles. The maximum absolute atomic E-state index is 12.2. The number of carbonyl (C=O) groups excluding carboxylic acids is 1. The van der Waals surface area contributed by atoms with Crippen LogP contribution in [0.1, 0.15) is 50.9 Å². The summed E-state index contributed by atoms with van der Waals surface area (Å²) < 4.78 is 16.0. The van der Waals surface area contributed by atoms with E-state index in [1.807, 2.05) is 27.7 Å². The number of hydrogen-bond acceptors (Lipinski definition) is 9. The molecule has 3 aromatic rings. The van der Waals surface area contributed by atoms with Gasteiger partial charge in [0.15, 0.2) is 5.75 Å². The van der Waals surface area contributed by atoms with E-state index in [0.717, 1.165) is 0 Å². The van der Waals surface area contributed by atoms with Crippen molar-refractivity contribution in [1.82, 2.24) is 20.2 Å². The minimum absolute atomic E-state index is 0.0202. The standard InChI is InChI=1S/C17H16ClN5O4.2C2H6/c1-4-26-16(24)11-8-19-17(18)21-14(11)20-12-7-5-6-10(13(12)25-3)15-23-22-9(2)27-15;2*1-2/h5-8H,4H2,1-3H3,(H,19,20,21);2*1-2H3. The van der Waals surface area contributed by atoms with Crippen LogP contribution in [0.5, 0.6) is 5.75 Å². The molecule has 3 rings (SSSR count). The number of rotatable bonds is 6. The van der Waals surface area contributed by atoms with E-state index in [9.17, 15) is 4.79 Å². The first-order valence-electron chi connectivity index (χ1n) is 9.97. The monoisotopic (exact) mass is 449 g/mol. The summed E-state index contributed by atoms with van der Waals surface area (Å²) in [4.78, 5) is 20.1. The number of hydrogen-bond donors (Lipinski definition) is 1. The van der Waals surface area contributed by atoms with Gasteiger partial charge in [-0.25, -0.2) is 9.78 Å². The highest BCUT2D eigenvalue weighted by molar-refractivity contribution is 6.28. The molecule has 0 unspecified atom stereocenters. The molecule has 168 valence electrons. The van der Waals surface area contributed by atoms with Gasteiger partial charge in [0.2, 0.25) is 11.2 Å². The molecule has 1 N–H and O–H groups in total. The van der Waals surface area contributed by atoms with Gasteiger partial charge in [-0.15, -0.1) is 10.2 Å². The summed E-state index contributed by atoms with van der Waals surface area (Å²) in [6.07, 6.45) is 1.30. The first-order chi connectivity index (χ1) is 15.0. The first kappa shape index (κ1) is 25.8. The Morgan fingerprint density at radius 1 is 1.19 bits per heavy atom. The number of halogens is 1. The fourth-order valence-corrected chi connectivity index (χ4v) is 2.50. The van der Waals surface area contributed by atoms with Crippen LogP contribution < -0.4 is 10.1 Å². The van der Waals surface area contributed by atoms with Gasteiger partial charge in [0.05, 0.1) is 25.0 Å². The largest absolute Gasteiger partial charge is 0.494 e. The third kappa shape index (κ3) is 6.65. The molecule has 2 aromatic heterocycles. The molecule has 0 fully saturated rings. The predicted molar refractivity (Wildman–Crippen MR) is 120 cm³/mol. The number of anilines is 2. The molecule has 0 aliphatic heterocycles. The Kier molecular flexibility index (Phi) is 11.0. The van der Waals surface area contributed by atoms with Crippen molar-refractivity contribution in [2.24, 2.45) is 0 Å². The molecule has 0 atom stereocenters. The van der Waals surface area contributed by atoms with E-state index in [1.54, 1.807) is 32.0 Å². The third-order valence-corrected chi connectivity index (χ3v) is 3.67. The molecular weight excluding hydrogens is 422 g/mol. The van der Waals surface area contributed by atoms with E-state index in [2.05, 4.69) is 25.5 Å². The van der Waals surface area contributed by atoms with Gasteiger partial charge in [0, 0.05) is 13.1 Å². The molecule has 0 bridgehead atoms. The highest BCUT2D eigenvalue weighted by atomic mass is 35.5. The molecule has 0 amide bonds. The number of methoxy groups -OCH3 is 1. The Labute approximate surface area is 187 Å². The van der Waals surface area contributed by atoms with Gasteiger partial charge < -0.3 is 19.2 Å². The number of carbonyl (C=O) groups is 1. The topological polar surface area (TPSA) is 112 Å². The second-order valence-corrected chi connectivity index (χ2v) is 5.60. The van der Waals surface area contributed by atoms with Crippen LogP contribution in [0.4, 0.5) is 11.5 Å². The normalized spacial score (nSPS) is 9.55. The van der Waals surface area contributed by atoms with Crippen LogP contribution in [0.2, 0.25) is 5.28 Å². The lowest BCUT2D eigenvalue weighted by Crippen LogP contribution is -2.10. The highest BCUT2D eigenvalue weighted by Gasteiger charge is 2.20. The lowest BCUT2D eigenvalue weighted by molar-refractivity contribution is 0.0526. The van der Waals surface area contributed by atoms with Crippen molar-refractivity contribution in [2.75, 3.05) is 19.0 Å². The van der Waals surface area contributed by atoms with Crippen LogP contribution in [0, 0.1) is 6.92 Å². The van der Waals surface area contributed by atoms with Gasteiger partial charge in [-0.05, 0) is 30.7 Å². The van der Waals surface area contributed by atoms with Crippen molar-refractivity contribution in [3.05, 3.63) is 41.1 Å². The number of esters is 1. The maximum atomic E-state index is 12.2. The van der Waals surface area contributed by atoms with Gasteiger partial charge in [-0.1, -0.05) is 33.8 Å². The molecule has 31 heavy (non-hydrogen) atoms. The number of ether oxygens (including phenoxy) is 2. The lowest BCUT2D eigenvalue weighted by atomic mass is 10.1. The van der Waals surface area contributed by atoms with Crippen LogP contribution in [-0.4, -0.2) is 39.9 Å². The summed E-state index contributed by atoms with van der Waals surface area (Å²) in [6, 6.07) is 5.29. The third-order valence-electron chi connectivity index (χ3n) is 3.48. The van der Waals surface area contributed by atoms with Gasteiger partial charge in [-0.2, -0.15) is 4.98 Å². The zero-order chi connectivity index (χ0) is 23.4. The van der Waals surface area contributed by atoms with Crippen molar-refractivity contribution < 1.29 is 18.7 Å². The number of nitrogens with zero attached hydrogens (tertiary/aromatic N) is 4. The summed E-state index contributed by atoms with van der Waals surface area (Å²) >= 11 is 5.89. The maximum Gasteiger partial charge on any atom is 0.343 e. The van der Waals surface area contributed by atoms with Crippen molar-refractivity contribution in [3.63, 3.8) is 0 Å². The minimum atomic E-state index is -0.570. The second-order valence-electron chi connectivity index (χ2n) is 5.26. The molecule has 9 nitrogen and oxygen atoms in total. The van der Waals surface area contributed by atoms with Crippen LogP contribution in [0.25, 0.3) is 11.5 Å². The summed E-state index contributed by atoms with van der Waals surface area (Å²) in [5.74, 6) is 0.785. The number of benzene rings is 1. The zero-order valence-electron chi connectivity index (χ0n) is 18.8. The summed E-state index contributed by atoms with van der Waals surface area (Å²) in [5.41, 5.74) is 1.24. The molecule has 2 heterocycles. The Hall–Kier alpha value is -3.20. The van der Waals surface area contributed by atoms with Crippen molar-refractivity contribution in [1.29, 1.82) is 0 Å². The SMILES string of the molecule is CC.CC.CCOC(=O)c1cnc(Cl)nc1Nc1cccc(-c2nnc(C)o2)c1OC. The molecule has 0 aliphatic rings. The van der Waals surface area contributed by atoms with Crippen LogP contribution in [-0.2, 0) is 4.74 Å². The van der Waals surface area contributed by atoms with Crippen molar-refractivity contribution >= 4 is 29.1 Å². The molecule has 0 spiro atoms. The molecule has 10 heteroatoms. The average molecular weight is 450 g/mol. The lowest BCUT2D eigenvalue weighted by Gasteiger charge is -2.14. The minimum Gasteiger partial charge on any atom is -0.494 e. The molecule has 0 aliphatic carbocycles. The molecular formula is C21H28ClN5O4. The van der Waals surface area contributed by atoms with Crippen molar-refractivity contribution in [2.45, 2.75) is 41.5 Å². The quantitative estimate of drug-likeness (QED) is 0.386. The molecule has 0 saturated heterocycles. The second kappa shape index (κ2) is 13.2. The van der Waals surface area contributed by atoms with E-state index in [4.69, 9.17) is 25.5 Å². The average Bonchev–Trinajstić information content (AvgIpc) is 3.22. The molecule has 0 radical (unpaired) electrons. The molecule has 0 saturated carbocycles. The summed E-state index contributed by atoms with van der Waals surface area (Å²) in [5, 5.41) is 10.9. The number of aromatic nitrogens is 4. The number of para-hydroxylation sites is 1. The summed E-state index contributed by atoms with van der Waals surface area (Å²) in [6.45, 7) is 11.6. The van der Waals surface area contributed by atoms with E-state index >= 15 is 0 Å². The van der Waals surface area contributed by atoms with Gasteiger partial charge >= 0.3 is 5.97 Å². The summed E-state index contributed by atoms with van der Waals surface area (Å²) in [7, 11) is 1.51. The van der Waals surface area contributed by atoms with E-state index in [-0.39, 0.29) is 23.3 Å². The first-order valence-corrected chi connectivity index (χ1v) is 10.4. The van der Waals surface area contributed by atoms with Gasteiger partial charge in [-0.3, -0.25) is 0 Å².